The van der Waals surface area contributed by atoms with Gasteiger partial charge < -0.3 is 4.98 Å². The maximum Gasteiger partial charge on any atom is 0.176 e. The Morgan fingerprint density at radius 3 is 2.57 bits per heavy atom. The van der Waals surface area contributed by atoms with Crippen LogP contribution in [-0.2, 0) is 0 Å². The number of hydrogen-bond donors (Lipinski definition) is 2. The van der Waals surface area contributed by atoms with Crippen molar-refractivity contribution in [3.8, 4) is 0 Å². The van der Waals surface area contributed by atoms with Crippen LogP contribution >= 0.6 is 11.6 Å². The van der Waals surface area contributed by atoms with Gasteiger partial charge in [-0.25, -0.2) is 0 Å². The highest BCUT2D eigenvalue weighted by atomic mass is 35.5. The number of nitrogens with zero attached hydrogens (tertiary/aromatic N) is 3. The third kappa shape index (κ3) is 2.51. The Bertz CT molecular complexity index is 1020. The molecule has 2 heterocycles. The van der Waals surface area contributed by atoms with Crippen molar-refractivity contribution in [2.24, 2.45) is 5.10 Å². The lowest BCUT2D eigenvalue weighted by Gasteiger charge is -2.04. The van der Waals surface area contributed by atoms with E-state index in [1.165, 1.54) is 0 Å². The molecule has 0 saturated heterocycles. The van der Waals surface area contributed by atoms with Gasteiger partial charge in [-0.2, -0.15) is 5.10 Å². The maximum atomic E-state index is 6.07. The SMILES string of the molecule is Clc1nnc(NN=Cc2c[nH]c3ccccc23)c2ccccc12. The number of anilines is 1. The molecule has 23 heavy (non-hydrogen) atoms. The zero-order valence-electron chi connectivity index (χ0n) is 12.0. The number of rotatable bonds is 3. The van der Waals surface area contributed by atoms with E-state index in [2.05, 4.69) is 25.7 Å². The summed E-state index contributed by atoms with van der Waals surface area (Å²) in [6.07, 6.45) is 3.67. The Morgan fingerprint density at radius 1 is 0.957 bits per heavy atom. The van der Waals surface area contributed by atoms with Crippen LogP contribution in [0.3, 0.4) is 0 Å². The van der Waals surface area contributed by atoms with Crippen molar-refractivity contribution in [3.05, 3.63) is 65.4 Å². The monoisotopic (exact) mass is 321 g/mol. The minimum Gasteiger partial charge on any atom is -0.361 e. The van der Waals surface area contributed by atoms with Crippen molar-refractivity contribution in [2.75, 3.05) is 5.43 Å². The fourth-order valence-corrected chi connectivity index (χ4v) is 2.72. The Kier molecular flexibility index (Phi) is 3.40. The van der Waals surface area contributed by atoms with E-state index in [0.717, 1.165) is 27.2 Å². The molecule has 0 radical (unpaired) electrons. The van der Waals surface area contributed by atoms with E-state index in [9.17, 15) is 0 Å². The van der Waals surface area contributed by atoms with Gasteiger partial charge in [-0.1, -0.05) is 54.1 Å². The normalized spacial score (nSPS) is 11.5. The average Bonchev–Trinajstić information content (AvgIpc) is 3.01. The number of halogens is 1. The van der Waals surface area contributed by atoms with Crippen LogP contribution in [0.2, 0.25) is 5.15 Å². The first-order chi connectivity index (χ1) is 11.3. The predicted molar refractivity (Wildman–Crippen MR) is 94.1 cm³/mol. The van der Waals surface area contributed by atoms with E-state index < -0.39 is 0 Å². The summed E-state index contributed by atoms with van der Waals surface area (Å²) in [6.45, 7) is 0. The van der Waals surface area contributed by atoms with E-state index >= 15 is 0 Å². The lowest BCUT2D eigenvalue weighted by atomic mass is 10.2. The molecule has 0 amide bonds. The van der Waals surface area contributed by atoms with E-state index in [-0.39, 0.29) is 0 Å². The van der Waals surface area contributed by atoms with Gasteiger partial charge in [0.25, 0.3) is 0 Å². The van der Waals surface area contributed by atoms with Crippen molar-refractivity contribution in [1.82, 2.24) is 15.2 Å². The van der Waals surface area contributed by atoms with Crippen LogP contribution in [0.15, 0.2) is 59.8 Å². The molecule has 0 atom stereocenters. The van der Waals surface area contributed by atoms with Crippen LogP contribution < -0.4 is 5.43 Å². The molecule has 2 aromatic heterocycles. The molecule has 0 bridgehead atoms. The van der Waals surface area contributed by atoms with Gasteiger partial charge in [-0.3, -0.25) is 5.43 Å². The Hall–Kier alpha value is -2.92. The topological polar surface area (TPSA) is 66.0 Å². The lowest BCUT2D eigenvalue weighted by Crippen LogP contribution is -1.97. The van der Waals surface area contributed by atoms with Gasteiger partial charge in [0.2, 0.25) is 0 Å². The zero-order chi connectivity index (χ0) is 15.6. The fraction of sp³-hybridized carbons (Fsp3) is 0. The third-order valence-electron chi connectivity index (χ3n) is 3.64. The summed E-state index contributed by atoms with van der Waals surface area (Å²) in [5.74, 6) is 0.570. The summed E-state index contributed by atoms with van der Waals surface area (Å²) in [7, 11) is 0. The Labute approximate surface area is 137 Å². The number of aromatic amines is 1. The van der Waals surface area contributed by atoms with Gasteiger partial charge in [0, 0.05) is 33.4 Å². The maximum absolute atomic E-state index is 6.07. The lowest BCUT2D eigenvalue weighted by molar-refractivity contribution is 1.04. The van der Waals surface area contributed by atoms with Gasteiger partial charge in [0.15, 0.2) is 11.0 Å². The molecule has 6 heteroatoms. The fourth-order valence-electron chi connectivity index (χ4n) is 2.52. The first-order valence-corrected chi connectivity index (χ1v) is 7.47. The number of hydrogen-bond acceptors (Lipinski definition) is 4. The van der Waals surface area contributed by atoms with Crippen molar-refractivity contribution in [3.63, 3.8) is 0 Å². The molecule has 4 rings (SSSR count). The van der Waals surface area contributed by atoms with Gasteiger partial charge >= 0.3 is 0 Å². The molecule has 0 spiro atoms. The molecular weight excluding hydrogens is 310 g/mol. The first kappa shape index (κ1) is 13.7. The molecule has 0 fully saturated rings. The molecule has 5 nitrogen and oxygen atoms in total. The number of H-pyrrole nitrogens is 1. The second kappa shape index (κ2) is 5.70. The molecule has 0 aliphatic rings. The van der Waals surface area contributed by atoms with E-state index in [0.29, 0.717) is 11.0 Å². The summed E-state index contributed by atoms with van der Waals surface area (Å²) < 4.78 is 0. The second-order valence-corrected chi connectivity index (χ2v) is 5.40. The molecule has 4 aromatic rings. The number of nitrogens with one attached hydrogen (secondary N) is 2. The highest BCUT2D eigenvalue weighted by Crippen LogP contribution is 2.25. The van der Waals surface area contributed by atoms with Crippen LogP contribution in [0, 0.1) is 0 Å². The number of hydrazone groups is 1. The molecular formula is C17H12ClN5. The summed E-state index contributed by atoms with van der Waals surface area (Å²) >= 11 is 6.07. The van der Waals surface area contributed by atoms with Crippen LogP contribution in [0.25, 0.3) is 21.7 Å². The molecule has 2 N–H and O–H groups in total. The van der Waals surface area contributed by atoms with Gasteiger partial charge in [0.05, 0.1) is 6.21 Å². The molecule has 0 aliphatic carbocycles. The Morgan fingerprint density at radius 2 is 1.70 bits per heavy atom. The molecule has 112 valence electrons. The predicted octanol–water partition coefficient (Wildman–Crippen LogP) is 4.21. The van der Waals surface area contributed by atoms with E-state index in [4.69, 9.17) is 11.6 Å². The summed E-state index contributed by atoms with van der Waals surface area (Å²) in [5.41, 5.74) is 5.02. The minimum atomic E-state index is 0.381. The van der Waals surface area contributed by atoms with E-state index in [1.807, 2.05) is 54.7 Å². The largest absolute Gasteiger partial charge is 0.361 e. The van der Waals surface area contributed by atoms with Gasteiger partial charge in [0.1, 0.15) is 0 Å². The molecule has 0 aliphatic heterocycles. The highest BCUT2D eigenvalue weighted by Gasteiger charge is 2.06. The van der Waals surface area contributed by atoms with Gasteiger partial charge in [-0.05, 0) is 6.07 Å². The van der Waals surface area contributed by atoms with Gasteiger partial charge in [-0.15, -0.1) is 10.2 Å². The summed E-state index contributed by atoms with van der Waals surface area (Å²) in [5, 5.41) is 15.5. The number of aromatic nitrogens is 3. The van der Waals surface area contributed by atoms with Crippen LogP contribution in [0.5, 0.6) is 0 Å². The van der Waals surface area contributed by atoms with Crippen molar-refractivity contribution >= 4 is 45.3 Å². The van der Waals surface area contributed by atoms with Crippen LogP contribution in [-0.4, -0.2) is 21.4 Å². The van der Waals surface area contributed by atoms with E-state index in [1.54, 1.807) is 6.21 Å². The van der Waals surface area contributed by atoms with Crippen molar-refractivity contribution in [2.45, 2.75) is 0 Å². The quantitative estimate of drug-likeness (QED) is 0.439. The smallest absolute Gasteiger partial charge is 0.176 e. The van der Waals surface area contributed by atoms with Crippen LogP contribution in [0.4, 0.5) is 5.82 Å². The van der Waals surface area contributed by atoms with Crippen molar-refractivity contribution in [1.29, 1.82) is 0 Å². The highest BCUT2D eigenvalue weighted by molar-refractivity contribution is 6.34. The third-order valence-corrected chi connectivity index (χ3v) is 3.92. The molecule has 0 unspecified atom stereocenters. The first-order valence-electron chi connectivity index (χ1n) is 7.09. The molecule has 2 aromatic carbocycles. The summed E-state index contributed by atoms with van der Waals surface area (Å²) in [6, 6.07) is 15.7. The molecule has 0 saturated carbocycles. The number of benzene rings is 2. The number of fused-ring (bicyclic) bond motifs is 2. The average molecular weight is 322 g/mol. The van der Waals surface area contributed by atoms with Crippen LogP contribution in [0.1, 0.15) is 5.56 Å². The number of para-hydroxylation sites is 1. The zero-order valence-corrected chi connectivity index (χ0v) is 12.7. The second-order valence-electron chi connectivity index (χ2n) is 5.04. The van der Waals surface area contributed by atoms with Crippen molar-refractivity contribution < 1.29 is 0 Å². The standard InChI is InChI=1S/C17H12ClN5/c18-16-13-6-1-2-7-14(13)17(23-21-16)22-20-10-11-9-19-15-8-4-3-5-12(11)15/h1-10,19H,(H,22,23). The summed E-state index contributed by atoms with van der Waals surface area (Å²) in [4.78, 5) is 3.21. The minimum absolute atomic E-state index is 0.381. The Balaban J connectivity index is 1.66.